The summed E-state index contributed by atoms with van der Waals surface area (Å²) in [4.78, 5) is 24.3. The molecule has 0 saturated carbocycles. The van der Waals surface area contributed by atoms with Gasteiger partial charge in [-0.25, -0.2) is 8.78 Å². The van der Waals surface area contributed by atoms with Gasteiger partial charge in [0.25, 0.3) is 0 Å². The lowest BCUT2D eigenvalue weighted by molar-refractivity contribution is -0.126. The number of rotatable bonds is 6. The van der Waals surface area contributed by atoms with Crippen LogP contribution >= 0.6 is 11.6 Å². The van der Waals surface area contributed by atoms with E-state index in [1.807, 2.05) is 4.90 Å². The van der Waals surface area contributed by atoms with Crippen LogP contribution in [0.15, 0.2) is 55.3 Å². The molecule has 1 amide bonds. The van der Waals surface area contributed by atoms with E-state index >= 15 is 4.39 Å². The number of nitrogens with zero attached hydrogens (tertiary/aromatic N) is 6. The smallest absolute Gasteiger partial charge is 0.319 e. The van der Waals surface area contributed by atoms with Crippen LogP contribution in [0.5, 0.6) is 11.8 Å². The summed E-state index contributed by atoms with van der Waals surface area (Å²) in [5, 5.41) is 18.2. The fourth-order valence-electron chi connectivity index (χ4n) is 4.27. The number of amides is 1. The van der Waals surface area contributed by atoms with E-state index in [9.17, 15) is 14.3 Å². The Morgan fingerprint density at radius 1 is 1.13 bits per heavy atom. The van der Waals surface area contributed by atoms with Gasteiger partial charge in [0.2, 0.25) is 5.91 Å². The maximum atomic E-state index is 16.1. The summed E-state index contributed by atoms with van der Waals surface area (Å²) in [7, 11) is 0. The molecule has 3 heterocycles. The summed E-state index contributed by atoms with van der Waals surface area (Å²) in [6.07, 6.45) is 2.77. The molecule has 1 aliphatic rings. The van der Waals surface area contributed by atoms with E-state index in [0.29, 0.717) is 37.7 Å². The van der Waals surface area contributed by atoms with Crippen LogP contribution in [0, 0.1) is 11.6 Å². The largest absolute Gasteiger partial charge is 0.507 e. The number of carbonyl (C=O) groups excluding carboxylic acids is 1. The van der Waals surface area contributed by atoms with Crippen LogP contribution in [0.25, 0.3) is 22.0 Å². The fourth-order valence-corrected chi connectivity index (χ4v) is 4.56. The lowest BCUT2D eigenvalue weighted by Crippen LogP contribution is -2.48. The minimum atomic E-state index is -0.943. The molecule has 0 atom stereocenters. The average Bonchev–Trinajstić information content (AvgIpc) is 2.93. The summed E-state index contributed by atoms with van der Waals surface area (Å²) in [5.74, 6) is -2.11. The van der Waals surface area contributed by atoms with Crippen LogP contribution in [-0.4, -0.2) is 62.3 Å². The maximum Gasteiger partial charge on any atom is 0.319 e. The van der Waals surface area contributed by atoms with Crippen molar-refractivity contribution in [1.82, 2.24) is 25.1 Å². The van der Waals surface area contributed by atoms with Gasteiger partial charge in [-0.2, -0.15) is 20.2 Å². The lowest BCUT2D eigenvalue weighted by Gasteiger charge is -2.35. The number of piperazine rings is 1. The molecule has 38 heavy (non-hydrogen) atoms. The first-order chi connectivity index (χ1) is 18.4. The predicted molar refractivity (Wildman–Crippen MR) is 137 cm³/mol. The van der Waals surface area contributed by atoms with Gasteiger partial charge in [0.1, 0.15) is 35.2 Å². The number of benzene rings is 2. The second kappa shape index (κ2) is 10.5. The van der Waals surface area contributed by atoms with Gasteiger partial charge < -0.3 is 19.6 Å². The molecule has 12 heteroatoms. The molecule has 2 aromatic heterocycles. The van der Waals surface area contributed by atoms with Crippen molar-refractivity contribution >= 4 is 34.2 Å². The number of phenolic OH excluding ortho intramolecular Hbond substituents is 1. The minimum absolute atomic E-state index is 0.0312. The summed E-state index contributed by atoms with van der Waals surface area (Å²) in [5.41, 5.74) is -0.380. The molecule has 0 bridgehead atoms. The van der Waals surface area contributed by atoms with Crippen molar-refractivity contribution in [3.63, 3.8) is 0 Å². The van der Waals surface area contributed by atoms with Crippen molar-refractivity contribution in [1.29, 1.82) is 0 Å². The van der Waals surface area contributed by atoms with E-state index in [-0.39, 0.29) is 45.6 Å². The van der Waals surface area contributed by atoms with E-state index in [1.165, 1.54) is 30.5 Å². The molecule has 0 radical (unpaired) electrons. The monoisotopic (exact) mass is 538 g/mol. The van der Waals surface area contributed by atoms with Crippen LogP contribution in [-0.2, 0) is 11.4 Å². The van der Waals surface area contributed by atoms with Crippen molar-refractivity contribution in [3.8, 4) is 22.9 Å². The number of aromatic nitrogens is 4. The summed E-state index contributed by atoms with van der Waals surface area (Å²) < 4.78 is 36.5. The Hall–Kier alpha value is -4.38. The van der Waals surface area contributed by atoms with Crippen LogP contribution in [0.3, 0.4) is 0 Å². The number of carbonyl (C=O) groups is 1. The van der Waals surface area contributed by atoms with Gasteiger partial charge in [0.15, 0.2) is 5.82 Å². The Balaban J connectivity index is 1.62. The normalized spacial score (nSPS) is 13.6. The first-order valence-corrected chi connectivity index (χ1v) is 12.0. The molecule has 194 valence electrons. The number of anilines is 1. The molecule has 2 aromatic carbocycles. The van der Waals surface area contributed by atoms with Gasteiger partial charge in [-0.1, -0.05) is 24.2 Å². The summed E-state index contributed by atoms with van der Waals surface area (Å²) in [6, 6.07) is 8.32. The molecule has 4 aromatic rings. The molecule has 5 rings (SSSR count). The number of phenols is 1. The van der Waals surface area contributed by atoms with E-state index in [4.69, 9.17) is 16.3 Å². The predicted octanol–water partition coefficient (Wildman–Crippen LogP) is 4.14. The Morgan fingerprint density at radius 3 is 2.61 bits per heavy atom. The number of halogens is 3. The van der Waals surface area contributed by atoms with Gasteiger partial charge in [-0.15, -0.1) is 0 Å². The molecule has 0 unspecified atom stereocenters. The highest BCUT2D eigenvalue weighted by Gasteiger charge is 2.27. The Labute approximate surface area is 221 Å². The molecule has 0 spiro atoms. The zero-order valence-corrected chi connectivity index (χ0v) is 20.7. The van der Waals surface area contributed by atoms with E-state index in [0.717, 1.165) is 6.07 Å². The standard InChI is InChI=1S/C26H21ClF2N6O3/c1-2-20(37)34-9-11-35(12-10-34)25-16-13-17(27)21(22-18(28)6-3-7-19(22)36)23(29)24(16)31-26(32-25)38-14-15-5-4-8-30-33-15/h2-8,13,36H,1,9-12,14H2. The van der Waals surface area contributed by atoms with Gasteiger partial charge in [0.05, 0.1) is 10.6 Å². The minimum Gasteiger partial charge on any atom is -0.507 e. The van der Waals surface area contributed by atoms with Crippen molar-refractivity contribution in [2.24, 2.45) is 0 Å². The molecule has 9 nitrogen and oxygen atoms in total. The maximum absolute atomic E-state index is 16.1. The van der Waals surface area contributed by atoms with Crippen molar-refractivity contribution in [2.45, 2.75) is 6.61 Å². The van der Waals surface area contributed by atoms with E-state index < -0.39 is 17.4 Å². The Kier molecular flexibility index (Phi) is 7.01. The number of hydrogen-bond donors (Lipinski definition) is 1. The van der Waals surface area contributed by atoms with Crippen LogP contribution in [0.1, 0.15) is 5.69 Å². The molecule has 1 fully saturated rings. The average molecular weight is 539 g/mol. The number of ether oxygens (including phenoxy) is 1. The lowest BCUT2D eigenvalue weighted by atomic mass is 10.0. The number of fused-ring (bicyclic) bond motifs is 1. The van der Waals surface area contributed by atoms with Gasteiger partial charge >= 0.3 is 6.01 Å². The van der Waals surface area contributed by atoms with Crippen LogP contribution in [0.2, 0.25) is 5.02 Å². The first kappa shape index (κ1) is 25.3. The third kappa shape index (κ3) is 4.80. The number of aromatic hydroxyl groups is 1. The quantitative estimate of drug-likeness (QED) is 0.365. The zero-order chi connectivity index (χ0) is 26.8. The van der Waals surface area contributed by atoms with Crippen molar-refractivity contribution in [2.75, 3.05) is 31.1 Å². The van der Waals surface area contributed by atoms with Gasteiger partial charge in [-0.3, -0.25) is 4.79 Å². The van der Waals surface area contributed by atoms with E-state index in [2.05, 4.69) is 26.7 Å². The van der Waals surface area contributed by atoms with Crippen molar-refractivity contribution in [3.05, 3.63) is 77.6 Å². The molecular formula is C26H21ClF2N6O3. The zero-order valence-electron chi connectivity index (χ0n) is 19.9. The SMILES string of the molecule is C=CC(=O)N1CCN(c2nc(OCc3cccnn3)nc3c(F)c(-c4c(O)cccc4F)c(Cl)cc23)CC1. The fraction of sp³-hybridized carbons (Fsp3) is 0.192. The molecule has 1 N–H and O–H groups in total. The summed E-state index contributed by atoms with van der Waals surface area (Å²) >= 11 is 6.46. The molecule has 1 saturated heterocycles. The van der Waals surface area contributed by atoms with Crippen LogP contribution in [0.4, 0.5) is 14.6 Å². The topological polar surface area (TPSA) is 105 Å². The first-order valence-electron chi connectivity index (χ1n) is 11.6. The second-order valence-corrected chi connectivity index (χ2v) is 8.83. The highest BCUT2D eigenvalue weighted by molar-refractivity contribution is 6.34. The third-order valence-electron chi connectivity index (χ3n) is 6.13. The number of hydrogen-bond acceptors (Lipinski definition) is 8. The third-order valence-corrected chi connectivity index (χ3v) is 6.42. The summed E-state index contributed by atoms with van der Waals surface area (Å²) in [6.45, 7) is 5.06. The highest BCUT2D eigenvalue weighted by Crippen LogP contribution is 2.42. The van der Waals surface area contributed by atoms with Crippen molar-refractivity contribution < 1.29 is 23.4 Å². The highest BCUT2D eigenvalue weighted by atomic mass is 35.5. The van der Waals surface area contributed by atoms with Crippen LogP contribution < -0.4 is 9.64 Å². The molecular weight excluding hydrogens is 518 g/mol. The van der Waals surface area contributed by atoms with E-state index in [1.54, 1.807) is 17.0 Å². The molecule has 0 aliphatic carbocycles. The molecule has 1 aliphatic heterocycles. The Morgan fingerprint density at radius 2 is 1.92 bits per heavy atom. The Bertz CT molecular complexity index is 1510. The van der Waals surface area contributed by atoms with Gasteiger partial charge in [-0.05, 0) is 36.4 Å². The second-order valence-electron chi connectivity index (χ2n) is 8.43. The van der Waals surface area contributed by atoms with Gasteiger partial charge in [0, 0.05) is 43.3 Å².